The van der Waals surface area contributed by atoms with Crippen LogP contribution < -0.4 is 0 Å². The topological polar surface area (TPSA) is 20.2 Å². The number of aryl methyl sites for hydroxylation is 1. The Balaban J connectivity index is 2.93. The maximum atomic E-state index is 9.47. The first-order valence-corrected chi connectivity index (χ1v) is 5.12. The van der Waals surface area contributed by atoms with Gasteiger partial charge in [-0.15, -0.1) is 17.3 Å². The molecule has 0 aliphatic rings. The summed E-state index contributed by atoms with van der Waals surface area (Å²) in [6, 6.07) is 1.91. The molecule has 12 heavy (non-hydrogen) atoms. The number of hydrogen-bond donors (Lipinski definition) is 1. The van der Waals surface area contributed by atoms with Gasteiger partial charge in [0.05, 0.1) is 0 Å². The van der Waals surface area contributed by atoms with E-state index >= 15 is 0 Å². The van der Waals surface area contributed by atoms with Gasteiger partial charge in [0.15, 0.2) is 0 Å². The zero-order chi connectivity index (χ0) is 9.14. The summed E-state index contributed by atoms with van der Waals surface area (Å²) >= 11 is 4.95. The van der Waals surface area contributed by atoms with Crippen molar-refractivity contribution in [3.63, 3.8) is 0 Å². The Morgan fingerprint density at radius 3 is 2.75 bits per heavy atom. The molecule has 0 amide bonds. The minimum Gasteiger partial charge on any atom is -0.375 e. The maximum absolute atomic E-state index is 9.47. The van der Waals surface area contributed by atoms with Gasteiger partial charge >= 0.3 is 0 Å². The number of halogens is 1. The van der Waals surface area contributed by atoms with Crippen LogP contribution in [0.1, 0.15) is 22.8 Å². The van der Waals surface area contributed by atoms with E-state index in [-0.39, 0.29) is 0 Å². The summed E-state index contributed by atoms with van der Waals surface area (Å²) in [4.78, 5) is 2.07. The van der Waals surface area contributed by atoms with Gasteiger partial charge in [0.2, 0.25) is 0 Å². The first-order chi connectivity index (χ1) is 5.65. The lowest BCUT2D eigenvalue weighted by molar-refractivity contribution is 0.242. The van der Waals surface area contributed by atoms with E-state index in [2.05, 4.69) is 27.8 Å². The Morgan fingerprint density at radius 1 is 1.67 bits per heavy atom. The van der Waals surface area contributed by atoms with Crippen molar-refractivity contribution in [1.82, 2.24) is 0 Å². The van der Waals surface area contributed by atoms with Crippen molar-refractivity contribution >= 4 is 27.3 Å². The Bertz CT molecular complexity index is 313. The van der Waals surface area contributed by atoms with Crippen LogP contribution in [0.3, 0.4) is 0 Å². The fraction of sp³-hybridized carbons (Fsp3) is 0.333. The summed E-state index contributed by atoms with van der Waals surface area (Å²) in [5.41, 5.74) is 0. The summed E-state index contributed by atoms with van der Waals surface area (Å²) in [5.74, 6) is 5.38. The minimum absolute atomic E-state index is 0.634. The Morgan fingerprint density at radius 2 is 2.33 bits per heavy atom. The van der Waals surface area contributed by atoms with Crippen molar-refractivity contribution in [2.24, 2.45) is 0 Å². The second-order valence-electron chi connectivity index (χ2n) is 2.35. The molecule has 64 valence electrons. The quantitative estimate of drug-likeness (QED) is 0.754. The van der Waals surface area contributed by atoms with Crippen molar-refractivity contribution in [2.75, 3.05) is 0 Å². The first-order valence-electron chi connectivity index (χ1n) is 3.51. The summed E-state index contributed by atoms with van der Waals surface area (Å²) in [6.07, 6.45) is -0.634. The number of hydrogen-bond acceptors (Lipinski definition) is 2. The normalized spacial score (nSPS) is 12.0. The van der Waals surface area contributed by atoms with Gasteiger partial charge in [-0.1, -0.05) is 5.92 Å². The molecule has 0 spiro atoms. The van der Waals surface area contributed by atoms with Gasteiger partial charge in [-0.25, -0.2) is 0 Å². The van der Waals surface area contributed by atoms with Crippen LogP contribution in [0.15, 0.2) is 10.5 Å². The van der Waals surface area contributed by atoms with E-state index in [1.807, 2.05) is 13.0 Å². The van der Waals surface area contributed by atoms with Crippen LogP contribution in [0.25, 0.3) is 0 Å². The fourth-order valence-electron chi connectivity index (χ4n) is 0.824. The molecule has 1 aromatic heterocycles. The molecule has 0 bridgehead atoms. The van der Waals surface area contributed by atoms with Crippen molar-refractivity contribution in [1.29, 1.82) is 0 Å². The Kier molecular flexibility index (Phi) is 3.33. The van der Waals surface area contributed by atoms with E-state index in [1.54, 1.807) is 18.3 Å². The van der Waals surface area contributed by atoms with Crippen molar-refractivity contribution < 1.29 is 5.11 Å². The molecule has 0 aliphatic carbocycles. The van der Waals surface area contributed by atoms with Crippen molar-refractivity contribution in [2.45, 2.75) is 20.0 Å². The maximum Gasteiger partial charge on any atom is 0.149 e. The minimum atomic E-state index is -0.634. The molecule has 0 fully saturated rings. The van der Waals surface area contributed by atoms with Gasteiger partial charge in [-0.2, -0.15) is 0 Å². The molecule has 0 saturated carbocycles. The molecule has 0 saturated heterocycles. The van der Waals surface area contributed by atoms with Crippen LogP contribution in [0.2, 0.25) is 0 Å². The first kappa shape index (κ1) is 9.79. The second kappa shape index (κ2) is 4.08. The highest BCUT2D eigenvalue weighted by Crippen LogP contribution is 2.30. The zero-order valence-electron chi connectivity index (χ0n) is 6.89. The van der Waals surface area contributed by atoms with E-state index in [4.69, 9.17) is 0 Å². The van der Waals surface area contributed by atoms with Gasteiger partial charge in [-0.3, -0.25) is 0 Å². The van der Waals surface area contributed by atoms with Crippen molar-refractivity contribution in [3.05, 3.63) is 20.3 Å². The number of thiophene rings is 1. The number of aliphatic hydroxyl groups excluding tert-OH is 1. The molecule has 1 unspecified atom stereocenters. The van der Waals surface area contributed by atoms with Crippen LogP contribution in [0, 0.1) is 18.8 Å². The van der Waals surface area contributed by atoms with Crippen LogP contribution in [0.4, 0.5) is 0 Å². The smallest absolute Gasteiger partial charge is 0.149 e. The molecule has 1 aromatic rings. The van der Waals surface area contributed by atoms with E-state index < -0.39 is 6.10 Å². The molecule has 0 aliphatic heterocycles. The third-order valence-corrected chi connectivity index (χ3v) is 3.62. The Labute approximate surface area is 84.6 Å². The van der Waals surface area contributed by atoms with Crippen molar-refractivity contribution in [3.8, 4) is 11.8 Å². The lowest BCUT2D eigenvalue weighted by Gasteiger charge is -1.96. The van der Waals surface area contributed by atoms with E-state index in [9.17, 15) is 5.11 Å². The van der Waals surface area contributed by atoms with Gasteiger partial charge in [0.25, 0.3) is 0 Å². The SMILES string of the molecule is CC#CC(O)c1cc(Br)c(C)s1. The summed E-state index contributed by atoms with van der Waals surface area (Å²) in [7, 11) is 0. The van der Waals surface area contributed by atoms with E-state index in [0.29, 0.717) is 0 Å². The van der Waals surface area contributed by atoms with Gasteiger partial charge in [0.1, 0.15) is 6.10 Å². The van der Waals surface area contributed by atoms with Gasteiger partial charge < -0.3 is 5.11 Å². The lowest BCUT2D eigenvalue weighted by Crippen LogP contribution is -1.87. The fourth-order valence-corrected chi connectivity index (χ4v) is 2.32. The monoisotopic (exact) mass is 244 g/mol. The number of rotatable bonds is 1. The summed E-state index contributed by atoms with van der Waals surface area (Å²) in [5, 5.41) is 9.47. The van der Waals surface area contributed by atoms with Crippen LogP contribution in [-0.4, -0.2) is 5.11 Å². The zero-order valence-corrected chi connectivity index (χ0v) is 9.29. The number of aliphatic hydroxyl groups is 1. The molecule has 1 heterocycles. The third kappa shape index (κ3) is 2.10. The van der Waals surface area contributed by atoms with E-state index in [0.717, 1.165) is 9.35 Å². The molecule has 1 atom stereocenters. The molecule has 1 N–H and O–H groups in total. The van der Waals surface area contributed by atoms with Gasteiger partial charge in [0, 0.05) is 14.2 Å². The van der Waals surface area contributed by atoms with Gasteiger partial charge in [-0.05, 0) is 35.8 Å². The van der Waals surface area contributed by atoms with Crippen LogP contribution in [0.5, 0.6) is 0 Å². The average Bonchev–Trinajstić information content (AvgIpc) is 2.33. The molecule has 1 nitrogen and oxygen atoms in total. The molecule has 0 aromatic carbocycles. The molecule has 3 heteroatoms. The second-order valence-corrected chi connectivity index (χ2v) is 4.49. The molecule has 0 radical (unpaired) electrons. The average molecular weight is 245 g/mol. The largest absolute Gasteiger partial charge is 0.375 e. The molecule has 1 rings (SSSR count). The standard InChI is InChI=1S/C9H9BrOS/c1-3-4-8(11)9-5-7(10)6(2)12-9/h5,8,11H,1-2H3. The molecular weight excluding hydrogens is 236 g/mol. The Hall–Kier alpha value is -0.300. The van der Waals surface area contributed by atoms with Crippen LogP contribution >= 0.6 is 27.3 Å². The highest BCUT2D eigenvalue weighted by Gasteiger charge is 2.08. The highest BCUT2D eigenvalue weighted by molar-refractivity contribution is 9.10. The predicted octanol–water partition coefficient (Wildman–Crippen LogP) is 2.88. The third-order valence-electron chi connectivity index (χ3n) is 1.43. The predicted molar refractivity (Wildman–Crippen MR) is 55.2 cm³/mol. The summed E-state index contributed by atoms with van der Waals surface area (Å²) in [6.45, 7) is 3.73. The van der Waals surface area contributed by atoms with Crippen LogP contribution in [-0.2, 0) is 0 Å². The highest BCUT2D eigenvalue weighted by atomic mass is 79.9. The lowest BCUT2D eigenvalue weighted by atomic mass is 10.3. The van der Waals surface area contributed by atoms with E-state index in [1.165, 1.54) is 4.88 Å². The summed E-state index contributed by atoms with van der Waals surface area (Å²) < 4.78 is 1.04. The molecular formula is C9H9BrOS.